The molecule has 2 N–H and O–H groups in total. The minimum absolute atomic E-state index is 0.0121. The second-order valence-electron chi connectivity index (χ2n) is 6.39. The van der Waals surface area contributed by atoms with E-state index in [4.69, 9.17) is 11.6 Å². The largest absolute Gasteiger partial charge is 0.478 e. The topological polar surface area (TPSA) is 70.2 Å². The Bertz CT molecular complexity index is 1070. The molecule has 1 aromatic heterocycles. The SMILES string of the molecule is CC(C)C=C(C(=O)O)c1c(-c2ccccc2)c2cc(Cl)ccc2[nH]c1=O. The van der Waals surface area contributed by atoms with E-state index >= 15 is 0 Å². The molecule has 0 amide bonds. The van der Waals surface area contributed by atoms with Crippen LogP contribution in [0.3, 0.4) is 0 Å². The van der Waals surface area contributed by atoms with Crippen LogP contribution in [0, 0.1) is 5.92 Å². The summed E-state index contributed by atoms with van der Waals surface area (Å²) in [6, 6.07) is 14.4. The van der Waals surface area contributed by atoms with E-state index in [9.17, 15) is 14.7 Å². The molecule has 0 saturated heterocycles. The Balaban J connectivity index is 2.52. The molecule has 0 bridgehead atoms. The minimum Gasteiger partial charge on any atom is -0.478 e. The lowest BCUT2D eigenvalue weighted by molar-refractivity contribution is -0.130. The molecule has 2 aromatic carbocycles. The van der Waals surface area contributed by atoms with Crippen LogP contribution in [0.2, 0.25) is 5.02 Å². The monoisotopic (exact) mass is 367 g/mol. The van der Waals surface area contributed by atoms with Crippen molar-refractivity contribution in [1.82, 2.24) is 4.98 Å². The zero-order valence-corrected chi connectivity index (χ0v) is 15.2. The number of carboxylic acid groups (broad SMARTS) is 1. The maximum atomic E-state index is 12.8. The summed E-state index contributed by atoms with van der Waals surface area (Å²) in [5, 5.41) is 11.0. The van der Waals surface area contributed by atoms with Crippen molar-refractivity contribution in [2.45, 2.75) is 13.8 Å². The molecule has 132 valence electrons. The predicted molar refractivity (Wildman–Crippen MR) is 105 cm³/mol. The summed E-state index contributed by atoms with van der Waals surface area (Å²) < 4.78 is 0. The summed E-state index contributed by atoms with van der Waals surface area (Å²) in [5.41, 5.74) is 1.64. The van der Waals surface area contributed by atoms with Crippen LogP contribution < -0.4 is 5.56 Å². The van der Waals surface area contributed by atoms with E-state index < -0.39 is 11.5 Å². The van der Waals surface area contributed by atoms with Crippen molar-refractivity contribution in [3.8, 4) is 11.1 Å². The Labute approximate surface area is 155 Å². The van der Waals surface area contributed by atoms with Gasteiger partial charge in [0.15, 0.2) is 0 Å². The molecule has 0 spiro atoms. The van der Waals surface area contributed by atoms with Crippen molar-refractivity contribution in [3.63, 3.8) is 0 Å². The van der Waals surface area contributed by atoms with Gasteiger partial charge in [0.25, 0.3) is 5.56 Å². The highest BCUT2D eigenvalue weighted by Crippen LogP contribution is 2.34. The van der Waals surface area contributed by atoms with Crippen molar-refractivity contribution in [2.75, 3.05) is 0 Å². The quantitative estimate of drug-likeness (QED) is 0.639. The summed E-state index contributed by atoms with van der Waals surface area (Å²) in [6.07, 6.45) is 1.59. The molecule has 0 aliphatic carbocycles. The molecular weight excluding hydrogens is 350 g/mol. The van der Waals surface area contributed by atoms with Gasteiger partial charge < -0.3 is 10.1 Å². The predicted octanol–water partition coefficient (Wildman–Crippen LogP) is 4.97. The summed E-state index contributed by atoms with van der Waals surface area (Å²) in [6.45, 7) is 3.74. The third-order valence-corrected chi connectivity index (χ3v) is 4.27. The number of benzene rings is 2. The van der Waals surface area contributed by atoms with Gasteiger partial charge in [0.2, 0.25) is 0 Å². The molecule has 26 heavy (non-hydrogen) atoms. The molecule has 0 unspecified atom stereocenters. The van der Waals surface area contributed by atoms with E-state index in [1.807, 2.05) is 44.2 Å². The first-order valence-corrected chi connectivity index (χ1v) is 8.62. The number of carbonyl (C=O) groups is 1. The number of H-pyrrole nitrogens is 1. The molecule has 0 aliphatic heterocycles. The fourth-order valence-corrected chi connectivity index (χ4v) is 3.19. The van der Waals surface area contributed by atoms with Crippen LogP contribution in [0.15, 0.2) is 59.4 Å². The summed E-state index contributed by atoms with van der Waals surface area (Å²) in [5.74, 6) is -1.16. The Morgan fingerprint density at radius 1 is 1.15 bits per heavy atom. The Morgan fingerprint density at radius 3 is 2.46 bits per heavy atom. The molecule has 4 nitrogen and oxygen atoms in total. The van der Waals surface area contributed by atoms with Gasteiger partial charge in [-0.3, -0.25) is 4.79 Å². The Hall–Kier alpha value is -2.85. The second kappa shape index (κ2) is 7.18. The molecule has 3 aromatic rings. The van der Waals surface area contributed by atoms with Crippen LogP contribution in [0.5, 0.6) is 0 Å². The lowest BCUT2D eigenvalue weighted by atomic mass is 9.91. The van der Waals surface area contributed by atoms with Gasteiger partial charge in [-0.15, -0.1) is 0 Å². The number of halogens is 1. The van der Waals surface area contributed by atoms with Crippen LogP contribution in [0.4, 0.5) is 0 Å². The zero-order valence-electron chi connectivity index (χ0n) is 14.4. The van der Waals surface area contributed by atoms with Crippen LogP contribution in [0.1, 0.15) is 19.4 Å². The molecule has 0 aliphatic rings. The van der Waals surface area contributed by atoms with Gasteiger partial charge in [-0.25, -0.2) is 4.79 Å². The van der Waals surface area contributed by atoms with E-state index in [2.05, 4.69) is 4.98 Å². The van der Waals surface area contributed by atoms with Crippen molar-refractivity contribution in [2.24, 2.45) is 5.92 Å². The number of aromatic amines is 1. The molecular formula is C21H18ClNO3. The molecule has 3 rings (SSSR count). The van der Waals surface area contributed by atoms with E-state index in [1.54, 1.807) is 24.3 Å². The van der Waals surface area contributed by atoms with E-state index in [0.717, 1.165) is 5.56 Å². The van der Waals surface area contributed by atoms with Crippen LogP contribution >= 0.6 is 11.6 Å². The molecule has 1 heterocycles. The van der Waals surface area contributed by atoms with Crippen molar-refractivity contribution < 1.29 is 9.90 Å². The smallest absolute Gasteiger partial charge is 0.336 e. The molecule has 0 fully saturated rings. The number of pyridine rings is 1. The summed E-state index contributed by atoms with van der Waals surface area (Å²) >= 11 is 6.17. The number of aliphatic carboxylic acids is 1. The number of allylic oxidation sites excluding steroid dienone is 1. The normalized spacial score (nSPS) is 11.9. The maximum absolute atomic E-state index is 12.8. The molecule has 0 radical (unpaired) electrons. The summed E-state index contributed by atoms with van der Waals surface area (Å²) in [7, 11) is 0. The first kappa shape index (κ1) is 18.0. The first-order valence-electron chi connectivity index (χ1n) is 8.25. The van der Waals surface area contributed by atoms with Gasteiger partial charge in [0.05, 0.1) is 11.1 Å². The Morgan fingerprint density at radius 2 is 1.85 bits per heavy atom. The van der Waals surface area contributed by atoms with Crippen molar-refractivity contribution in [3.05, 3.63) is 75.5 Å². The highest BCUT2D eigenvalue weighted by Gasteiger charge is 2.22. The highest BCUT2D eigenvalue weighted by atomic mass is 35.5. The average Bonchev–Trinajstić information content (AvgIpc) is 2.59. The van der Waals surface area contributed by atoms with Gasteiger partial charge in [-0.2, -0.15) is 0 Å². The first-order chi connectivity index (χ1) is 12.4. The second-order valence-corrected chi connectivity index (χ2v) is 6.83. The number of hydrogen-bond acceptors (Lipinski definition) is 2. The average molecular weight is 368 g/mol. The van der Waals surface area contributed by atoms with Gasteiger partial charge >= 0.3 is 5.97 Å². The maximum Gasteiger partial charge on any atom is 0.336 e. The number of fused-ring (bicyclic) bond motifs is 1. The van der Waals surface area contributed by atoms with Crippen LogP contribution in [0.25, 0.3) is 27.6 Å². The zero-order chi connectivity index (χ0) is 18.8. The molecule has 0 atom stereocenters. The number of rotatable bonds is 4. The summed E-state index contributed by atoms with van der Waals surface area (Å²) in [4.78, 5) is 27.6. The number of hydrogen-bond donors (Lipinski definition) is 2. The Kier molecular flexibility index (Phi) is 4.96. The van der Waals surface area contributed by atoms with Crippen molar-refractivity contribution >= 4 is 34.0 Å². The van der Waals surface area contributed by atoms with Crippen LogP contribution in [-0.4, -0.2) is 16.1 Å². The van der Waals surface area contributed by atoms with E-state index in [-0.39, 0.29) is 17.1 Å². The van der Waals surface area contributed by atoms with E-state index in [0.29, 0.717) is 21.5 Å². The standard InChI is InChI=1S/C21H18ClNO3/c1-12(2)10-16(21(25)26)19-18(13-6-4-3-5-7-13)15-11-14(22)8-9-17(15)23-20(19)24/h3-12H,1-2H3,(H,23,24)(H,25,26). The van der Waals surface area contributed by atoms with Gasteiger partial charge in [0.1, 0.15) is 0 Å². The van der Waals surface area contributed by atoms with Gasteiger partial charge in [-0.1, -0.05) is 61.9 Å². The van der Waals surface area contributed by atoms with Gasteiger partial charge in [-0.05, 0) is 29.7 Å². The number of aromatic nitrogens is 1. The number of carboxylic acids is 1. The van der Waals surface area contributed by atoms with E-state index in [1.165, 1.54) is 0 Å². The fourth-order valence-electron chi connectivity index (χ4n) is 3.02. The lowest BCUT2D eigenvalue weighted by Crippen LogP contribution is -2.18. The molecule has 0 saturated carbocycles. The minimum atomic E-state index is -1.14. The van der Waals surface area contributed by atoms with Gasteiger partial charge in [0, 0.05) is 21.5 Å². The highest BCUT2D eigenvalue weighted by molar-refractivity contribution is 6.31. The van der Waals surface area contributed by atoms with Crippen LogP contribution in [-0.2, 0) is 4.79 Å². The third-order valence-electron chi connectivity index (χ3n) is 4.04. The number of nitrogens with one attached hydrogen (secondary N) is 1. The van der Waals surface area contributed by atoms with Crippen molar-refractivity contribution in [1.29, 1.82) is 0 Å². The fraction of sp³-hybridized carbons (Fsp3) is 0.143. The molecule has 5 heteroatoms. The lowest BCUT2D eigenvalue weighted by Gasteiger charge is -2.14. The third kappa shape index (κ3) is 3.41.